The Kier molecular flexibility index (Phi) is 4.14. The summed E-state index contributed by atoms with van der Waals surface area (Å²) in [6.07, 6.45) is 7.45. The van der Waals surface area contributed by atoms with E-state index >= 15 is 0 Å². The molecule has 0 aromatic heterocycles. The molecule has 0 heterocycles. The Morgan fingerprint density at radius 2 is 1.86 bits per heavy atom. The Morgan fingerprint density at radius 3 is 2.62 bits per heavy atom. The Balaban J connectivity index is 1.87. The minimum absolute atomic E-state index is 0.179. The van der Waals surface area contributed by atoms with E-state index in [0.717, 1.165) is 5.56 Å². The first-order chi connectivity index (χ1) is 10.3. The maximum atomic E-state index is 9.69. The summed E-state index contributed by atoms with van der Waals surface area (Å²) < 4.78 is 5.18. The highest BCUT2D eigenvalue weighted by atomic mass is 16.5. The topological polar surface area (TPSA) is 29.5 Å². The number of phenolic OH excluding ortho intramolecular Hbond substituents is 1. The Bertz CT molecular complexity index is 613. The molecule has 1 fully saturated rings. The van der Waals surface area contributed by atoms with Gasteiger partial charge in [0.1, 0.15) is 0 Å². The van der Waals surface area contributed by atoms with Gasteiger partial charge in [-0.15, -0.1) is 0 Å². The summed E-state index contributed by atoms with van der Waals surface area (Å²) in [7, 11) is 1.57. The summed E-state index contributed by atoms with van der Waals surface area (Å²) in [5.74, 6) is 1.39. The molecule has 0 atom stereocenters. The van der Waals surface area contributed by atoms with Gasteiger partial charge in [0, 0.05) is 6.42 Å². The normalized spacial score (nSPS) is 15.3. The third-order valence-electron chi connectivity index (χ3n) is 4.32. The molecule has 0 spiro atoms. The van der Waals surface area contributed by atoms with Crippen molar-refractivity contribution in [3.05, 3.63) is 65.6 Å². The molecule has 1 aliphatic carbocycles. The fourth-order valence-corrected chi connectivity index (χ4v) is 3.21. The van der Waals surface area contributed by atoms with Crippen LogP contribution >= 0.6 is 0 Å². The summed E-state index contributed by atoms with van der Waals surface area (Å²) >= 11 is 0. The second-order valence-electron chi connectivity index (χ2n) is 5.69. The van der Waals surface area contributed by atoms with Crippen molar-refractivity contribution in [1.29, 1.82) is 0 Å². The van der Waals surface area contributed by atoms with Gasteiger partial charge in [-0.1, -0.05) is 43.2 Å². The molecule has 0 aliphatic heterocycles. The van der Waals surface area contributed by atoms with Crippen molar-refractivity contribution < 1.29 is 9.84 Å². The Labute approximate surface area is 126 Å². The molecule has 2 aromatic rings. The van der Waals surface area contributed by atoms with Gasteiger partial charge in [0.25, 0.3) is 0 Å². The molecule has 1 radical (unpaired) electrons. The number of hydrogen-bond acceptors (Lipinski definition) is 2. The van der Waals surface area contributed by atoms with Gasteiger partial charge in [-0.05, 0) is 47.6 Å². The molecule has 2 aromatic carbocycles. The van der Waals surface area contributed by atoms with E-state index in [0.29, 0.717) is 11.7 Å². The van der Waals surface area contributed by atoms with Gasteiger partial charge >= 0.3 is 0 Å². The third kappa shape index (κ3) is 3.05. The molecule has 0 saturated heterocycles. The molecule has 3 rings (SSSR count). The lowest BCUT2D eigenvalue weighted by Crippen LogP contribution is -1.98. The van der Waals surface area contributed by atoms with E-state index in [1.165, 1.54) is 36.8 Å². The summed E-state index contributed by atoms with van der Waals surface area (Å²) in [5, 5.41) is 9.69. The predicted octanol–water partition coefficient (Wildman–Crippen LogP) is 4.66. The molecule has 0 bridgehead atoms. The molecule has 1 saturated carbocycles. The summed E-state index contributed by atoms with van der Waals surface area (Å²) in [4.78, 5) is 0. The van der Waals surface area contributed by atoms with Crippen LogP contribution in [0.2, 0.25) is 0 Å². The number of aromatic hydroxyl groups is 1. The molecular formula is C19H21O2. The van der Waals surface area contributed by atoms with Gasteiger partial charge in [-0.2, -0.15) is 0 Å². The summed E-state index contributed by atoms with van der Waals surface area (Å²) in [6, 6.07) is 14.1. The van der Waals surface area contributed by atoms with Gasteiger partial charge in [-0.25, -0.2) is 0 Å². The number of ether oxygens (including phenoxy) is 1. The van der Waals surface area contributed by atoms with E-state index in [2.05, 4.69) is 30.7 Å². The standard InChI is InChI=1S/C19H21O2/c1-21-19-13-14(10-11-18(19)20)12-16-8-4-5-9-17(16)15-6-2-3-7-15/h4-5,8-13,15,20H,2-3,6-7H2,1H3. The SMILES string of the molecule is COc1cc([CH]c2ccccc2C2CCCC2)ccc1O. The van der Waals surface area contributed by atoms with Crippen molar-refractivity contribution in [1.82, 2.24) is 0 Å². The quantitative estimate of drug-likeness (QED) is 0.883. The van der Waals surface area contributed by atoms with Crippen LogP contribution in [-0.4, -0.2) is 12.2 Å². The van der Waals surface area contributed by atoms with Crippen LogP contribution in [0.3, 0.4) is 0 Å². The van der Waals surface area contributed by atoms with Crippen molar-refractivity contribution in [2.45, 2.75) is 31.6 Å². The fourth-order valence-electron chi connectivity index (χ4n) is 3.21. The van der Waals surface area contributed by atoms with Crippen LogP contribution < -0.4 is 4.74 Å². The molecule has 1 N–H and O–H groups in total. The number of rotatable bonds is 4. The number of benzene rings is 2. The molecule has 0 amide bonds. The maximum absolute atomic E-state index is 9.69. The highest BCUT2D eigenvalue weighted by molar-refractivity contribution is 5.49. The van der Waals surface area contributed by atoms with Crippen LogP contribution in [0.1, 0.15) is 48.3 Å². The minimum Gasteiger partial charge on any atom is -0.504 e. The zero-order valence-corrected chi connectivity index (χ0v) is 12.4. The van der Waals surface area contributed by atoms with Crippen LogP contribution in [0, 0.1) is 6.42 Å². The van der Waals surface area contributed by atoms with Gasteiger partial charge in [0.15, 0.2) is 11.5 Å². The van der Waals surface area contributed by atoms with Crippen molar-refractivity contribution in [3.63, 3.8) is 0 Å². The first kappa shape index (κ1) is 14.0. The molecule has 21 heavy (non-hydrogen) atoms. The lowest BCUT2D eigenvalue weighted by Gasteiger charge is -2.15. The highest BCUT2D eigenvalue weighted by Gasteiger charge is 2.19. The second kappa shape index (κ2) is 6.21. The number of methoxy groups -OCH3 is 1. The highest BCUT2D eigenvalue weighted by Crippen LogP contribution is 2.37. The Hall–Kier alpha value is -1.96. The number of hydrogen-bond donors (Lipinski definition) is 1. The molecular weight excluding hydrogens is 260 g/mol. The zero-order chi connectivity index (χ0) is 14.7. The zero-order valence-electron chi connectivity index (χ0n) is 12.4. The molecule has 2 nitrogen and oxygen atoms in total. The van der Waals surface area contributed by atoms with Crippen molar-refractivity contribution in [3.8, 4) is 11.5 Å². The minimum atomic E-state index is 0.179. The van der Waals surface area contributed by atoms with Crippen molar-refractivity contribution in [2.75, 3.05) is 7.11 Å². The summed E-state index contributed by atoms with van der Waals surface area (Å²) in [6.45, 7) is 0. The van der Waals surface area contributed by atoms with Gasteiger partial charge in [0.05, 0.1) is 7.11 Å². The monoisotopic (exact) mass is 281 g/mol. The van der Waals surface area contributed by atoms with E-state index < -0.39 is 0 Å². The lowest BCUT2D eigenvalue weighted by molar-refractivity contribution is 0.373. The van der Waals surface area contributed by atoms with Crippen molar-refractivity contribution >= 4 is 0 Å². The maximum Gasteiger partial charge on any atom is 0.160 e. The third-order valence-corrected chi connectivity index (χ3v) is 4.32. The smallest absolute Gasteiger partial charge is 0.160 e. The van der Waals surface area contributed by atoms with Crippen LogP contribution in [0.25, 0.3) is 0 Å². The van der Waals surface area contributed by atoms with Crippen LogP contribution in [0.4, 0.5) is 0 Å². The van der Waals surface area contributed by atoms with Crippen LogP contribution in [0.15, 0.2) is 42.5 Å². The average Bonchev–Trinajstić information content (AvgIpc) is 3.04. The van der Waals surface area contributed by atoms with E-state index in [9.17, 15) is 5.11 Å². The average molecular weight is 281 g/mol. The van der Waals surface area contributed by atoms with Crippen molar-refractivity contribution in [2.24, 2.45) is 0 Å². The van der Waals surface area contributed by atoms with Crippen LogP contribution in [-0.2, 0) is 0 Å². The van der Waals surface area contributed by atoms with E-state index in [1.54, 1.807) is 13.2 Å². The lowest BCUT2D eigenvalue weighted by atomic mass is 9.90. The van der Waals surface area contributed by atoms with E-state index in [-0.39, 0.29) is 5.75 Å². The molecule has 2 heteroatoms. The molecule has 1 aliphatic rings. The predicted molar refractivity (Wildman–Crippen MR) is 84.8 cm³/mol. The van der Waals surface area contributed by atoms with Gasteiger partial charge in [-0.3, -0.25) is 0 Å². The summed E-state index contributed by atoms with van der Waals surface area (Å²) in [5.41, 5.74) is 3.77. The number of phenols is 1. The first-order valence-corrected chi connectivity index (χ1v) is 7.58. The molecule has 109 valence electrons. The van der Waals surface area contributed by atoms with Gasteiger partial charge < -0.3 is 9.84 Å². The van der Waals surface area contributed by atoms with Crippen LogP contribution in [0.5, 0.6) is 11.5 Å². The Morgan fingerprint density at radius 1 is 1.10 bits per heavy atom. The fraction of sp³-hybridized carbons (Fsp3) is 0.316. The first-order valence-electron chi connectivity index (χ1n) is 7.58. The van der Waals surface area contributed by atoms with E-state index in [4.69, 9.17) is 4.74 Å². The molecule has 0 unspecified atom stereocenters. The van der Waals surface area contributed by atoms with Gasteiger partial charge in [0.2, 0.25) is 0 Å². The van der Waals surface area contributed by atoms with E-state index in [1.807, 2.05) is 12.1 Å². The largest absolute Gasteiger partial charge is 0.504 e. The second-order valence-corrected chi connectivity index (χ2v) is 5.69.